The molecule has 4 heterocycles. The third-order valence-electron chi connectivity index (χ3n) is 8.54. The van der Waals surface area contributed by atoms with Crippen LogP contribution < -0.4 is 10.9 Å². The van der Waals surface area contributed by atoms with Gasteiger partial charge in [-0.05, 0) is 49.1 Å². The van der Waals surface area contributed by atoms with Crippen LogP contribution in [0.3, 0.4) is 0 Å². The first-order chi connectivity index (χ1) is 19.4. The molecule has 0 unspecified atom stereocenters. The molecular formula is C31H34ClN5O3. The molecule has 2 aliphatic heterocycles. The normalized spacial score (nSPS) is 21.0. The van der Waals surface area contributed by atoms with E-state index < -0.39 is 5.60 Å². The number of halogens is 1. The fraction of sp³-hybridized carbons (Fsp3) is 0.387. The van der Waals surface area contributed by atoms with Crippen LogP contribution in [0.15, 0.2) is 78.0 Å². The molecule has 2 aliphatic rings. The van der Waals surface area contributed by atoms with Crippen LogP contribution in [-0.2, 0) is 17.9 Å². The van der Waals surface area contributed by atoms with E-state index in [4.69, 9.17) is 11.6 Å². The van der Waals surface area contributed by atoms with Gasteiger partial charge in [-0.15, -0.1) is 0 Å². The van der Waals surface area contributed by atoms with E-state index in [2.05, 4.69) is 22.4 Å². The molecule has 0 saturated carbocycles. The summed E-state index contributed by atoms with van der Waals surface area (Å²) in [6, 6.07) is 19.6. The van der Waals surface area contributed by atoms with Gasteiger partial charge in [-0.2, -0.15) is 0 Å². The van der Waals surface area contributed by atoms with Crippen LogP contribution in [0.4, 0.5) is 0 Å². The maximum atomic E-state index is 13.6. The van der Waals surface area contributed by atoms with Crippen molar-refractivity contribution in [2.24, 2.45) is 5.92 Å². The Morgan fingerprint density at radius 2 is 1.80 bits per heavy atom. The van der Waals surface area contributed by atoms with E-state index in [1.54, 1.807) is 6.07 Å². The Bertz CT molecular complexity index is 1560. The molecule has 6 rings (SSSR count). The summed E-state index contributed by atoms with van der Waals surface area (Å²) in [6.07, 6.45) is 4.99. The molecule has 0 aliphatic carbocycles. The molecule has 1 amide bonds. The average molecular weight is 560 g/mol. The van der Waals surface area contributed by atoms with Crippen LogP contribution in [0.25, 0.3) is 11.0 Å². The Morgan fingerprint density at radius 1 is 1.05 bits per heavy atom. The molecule has 40 heavy (non-hydrogen) atoms. The minimum Gasteiger partial charge on any atom is -0.388 e. The van der Waals surface area contributed by atoms with Crippen LogP contribution >= 0.6 is 11.6 Å². The predicted octanol–water partition coefficient (Wildman–Crippen LogP) is 3.65. The van der Waals surface area contributed by atoms with Crippen molar-refractivity contribution in [3.8, 4) is 0 Å². The van der Waals surface area contributed by atoms with Crippen molar-refractivity contribution < 1.29 is 9.90 Å². The fourth-order valence-electron chi connectivity index (χ4n) is 6.21. The highest BCUT2D eigenvalue weighted by atomic mass is 35.5. The van der Waals surface area contributed by atoms with Crippen molar-refractivity contribution in [1.29, 1.82) is 0 Å². The van der Waals surface area contributed by atoms with E-state index in [1.807, 2.05) is 58.1 Å². The number of carbonyl (C=O) groups is 1. The number of nitrogens with zero attached hydrogens (tertiary/aromatic N) is 4. The van der Waals surface area contributed by atoms with Crippen molar-refractivity contribution >= 4 is 28.5 Å². The topological polar surface area (TPSA) is 92.4 Å². The molecular weight excluding hydrogens is 526 g/mol. The van der Waals surface area contributed by atoms with Gasteiger partial charge in [0.25, 0.3) is 5.56 Å². The molecule has 8 nitrogen and oxygen atoms in total. The number of amides is 1. The number of aromatic nitrogens is 3. The maximum absolute atomic E-state index is 13.6. The number of fused-ring (bicyclic) bond motifs is 1. The largest absolute Gasteiger partial charge is 0.388 e. The standard InChI is InChI=1S/C31H34ClN5O3/c32-27-9-5-4-8-23(27)19-36-15-11-25-28(36)34-21-37(30(25)39)20-31(40)12-16-35(17-13-31)29(38)24-10-14-33-18-26(24)22-6-2-1-3-7-22/h1-9,11,15,21,24,26,33,40H,10,12-14,16-20H2/t24-,26+/m1/s1. The molecule has 2 fully saturated rings. The highest BCUT2D eigenvalue weighted by Crippen LogP contribution is 2.33. The van der Waals surface area contributed by atoms with Crippen LogP contribution in [0.1, 0.15) is 36.3 Å². The molecule has 4 aromatic rings. The van der Waals surface area contributed by atoms with E-state index in [0.29, 0.717) is 48.5 Å². The third-order valence-corrected chi connectivity index (χ3v) is 8.91. The van der Waals surface area contributed by atoms with Gasteiger partial charge in [-0.25, -0.2) is 4.98 Å². The zero-order valence-corrected chi connectivity index (χ0v) is 23.1. The first-order valence-corrected chi connectivity index (χ1v) is 14.3. The monoisotopic (exact) mass is 559 g/mol. The summed E-state index contributed by atoms with van der Waals surface area (Å²) in [5, 5.41) is 16.0. The summed E-state index contributed by atoms with van der Waals surface area (Å²) in [7, 11) is 0. The van der Waals surface area contributed by atoms with Crippen LogP contribution in [0.5, 0.6) is 0 Å². The van der Waals surface area contributed by atoms with Gasteiger partial charge in [-0.3, -0.25) is 14.2 Å². The first-order valence-electron chi connectivity index (χ1n) is 14.0. The minimum atomic E-state index is -1.08. The van der Waals surface area contributed by atoms with Gasteiger partial charge in [0.2, 0.25) is 5.91 Å². The van der Waals surface area contributed by atoms with Gasteiger partial charge >= 0.3 is 0 Å². The van der Waals surface area contributed by atoms with Crippen LogP contribution in [-0.4, -0.2) is 61.8 Å². The Balaban J connectivity index is 1.13. The van der Waals surface area contributed by atoms with Gasteiger partial charge < -0.3 is 19.9 Å². The fourth-order valence-corrected chi connectivity index (χ4v) is 6.41. The van der Waals surface area contributed by atoms with Crippen molar-refractivity contribution in [2.75, 3.05) is 26.2 Å². The number of rotatable bonds is 6. The Labute approximate surface area is 238 Å². The van der Waals surface area contributed by atoms with Gasteiger partial charge in [0, 0.05) is 42.7 Å². The lowest BCUT2D eigenvalue weighted by Gasteiger charge is -2.41. The third kappa shape index (κ3) is 5.31. The van der Waals surface area contributed by atoms with Gasteiger partial charge in [0.15, 0.2) is 0 Å². The molecule has 2 aromatic carbocycles. The summed E-state index contributed by atoms with van der Waals surface area (Å²) in [5.74, 6) is 0.237. The smallest absolute Gasteiger partial charge is 0.262 e. The van der Waals surface area contributed by atoms with E-state index in [9.17, 15) is 14.7 Å². The maximum Gasteiger partial charge on any atom is 0.262 e. The lowest BCUT2D eigenvalue weighted by atomic mass is 9.80. The Kier molecular flexibility index (Phi) is 7.49. The summed E-state index contributed by atoms with van der Waals surface area (Å²) < 4.78 is 3.41. The second-order valence-electron chi connectivity index (χ2n) is 11.1. The summed E-state index contributed by atoms with van der Waals surface area (Å²) >= 11 is 6.33. The van der Waals surface area contributed by atoms with Crippen LogP contribution in [0.2, 0.25) is 5.02 Å². The zero-order chi connectivity index (χ0) is 27.7. The van der Waals surface area contributed by atoms with Gasteiger partial charge in [0.05, 0.1) is 24.1 Å². The lowest BCUT2D eigenvalue weighted by Crippen LogP contribution is -2.52. The number of piperidine rings is 2. The molecule has 208 valence electrons. The number of likely N-dealkylation sites (tertiary alicyclic amines) is 1. The first kappa shape index (κ1) is 26.7. The minimum absolute atomic E-state index is 0.0705. The average Bonchev–Trinajstić information content (AvgIpc) is 3.39. The van der Waals surface area contributed by atoms with E-state index in [-0.39, 0.29) is 29.8 Å². The predicted molar refractivity (Wildman–Crippen MR) is 155 cm³/mol. The molecule has 2 aromatic heterocycles. The summed E-state index contributed by atoms with van der Waals surface area (Å²) in [5.41, 5.74) is 1.45. The second-order valence-corrected chi connectivity index (χ2v) is 11.5. The van der Waals surface area contributed by atoms with E-state index in [0.717, 1.165) is 25.1 Å². The lowest BCUT2D eigenvalue weighted by molar-refractivity contribution is -0.141. The number of benzene rings is 2. The number of carbonyl (C=O) groups excluding carboxylic acids is 1. The quantitative estimate of drug-likeness (QED) is 0.376. The van der Waals surface area contributed by atoms with E-state index in [1.165, 1.54) is 16.5 Å². The molecule has 2 saturated heterocycles. The highest BCUT2D eigenvalue weighted by molar-refractivity contribution is 6.31. The number of hydrogen-bond donors (Lipinski definition) is 2. The Hall–Kier alpha value is -3.46. The van der Waals surface area contributed by atoms with Crippen LogP contribution in [0, 0.1) is 5.92 Å². The number of aliphatic hydroxyl groups is 1. The summed E-state index contributed by atoms with van der Waals surface area (Å²) in [6.45, 7) is 3.22. The van der Waals surface area contributed by atoms with Crippen molar-refractivity contribution in [2.45, 2.75) is 43.9 Å². The molecule has 2 atom stereocenters. The SMILES string of the molecule is O=C([C@@H]1CCNC[C@H]1c1ccccc1)N1CCC(O)(Cn2cnc3c(ccn3Cc3ccccc3Cl)c2=O)CC1. The Morgan fingerprint density at radius 3 is 2.58 bits per heavy atom. The van der Waals surface area contributed by atoms with Crippen molar-refractivity contribution in [1.82, 2.24) is 24.3 Å². The van der Waals surface area contributed by atoms with Crippen molar-refractivity contribution in [3.05, 3.63) is 99.7 Å². The molecule has 2 N–H and O–H groups in total. The van der Waals surface area contributed by atoms with E-state index >= 15 is 0 Å². The molecule has 0 spiro atoms. The number of nitrogens with one attached hydrogen (secondary N) is 1. The second kappa shape index (κ2) is 11.2. The molecule has 0 radical (unpaired) electrons. The zero-order valence-electron chi connectivity index (χ0n) is 22.4. The summed E-state index contributed by atoms with van der Waals surface area (Å²) in [4.78, 5) is 33.4. The molecule has 0 bridgehead atoms. The van der Waals surface area contributed by atoms with Gasteiger partial charge in [0.1, 0.15) is 12.0 Å². The van der Waals surface area contributed by atoms with Crippen molar-refractivity contribution in [3.63, 3.8) is 0 Å². The number of hydrogen-bond acceptors (Lipinski definition) is 5. The van der Waals surface area contributed by atoms with Gasteiger partial charge in [-0.1, -0.05) is 60.1 Å². The molecule has 9 heteroatoms. The highest BCUT2D eigenvalue weighted by Gasteiger charge is 2.39.